The topological polar surface area (TPSA) is 320 Å². The highest BCUT2D eigenvalue weighted by Crippen LogP contribution is 2.42. The van der Waals surface area contributed by atoms with E-state index in [2.05, 4.69) is 27.8 Å². The van der Waals surface area contributed by atoms with Crippen molar-refractivity contribution in [1.82, 2.24) is 20.5 Å². The molecule has 1 saturated heterocycles. The summed E-state index contributed by atoms with van der Waals surface area (Å²) in [5, 5.41) is 23.6. The number of para-hydroxylation sites is 1. The molecule has 3 aromatic carbocycles. The monoisotopic (exact) mass is 1320 g/mol. The fraction of sp³-hybridized carbons (Fsp3) is 0.588. The lowest BCUT2D eigenvalue weighted by molar-refractivity contribution is -0.145. The normalized spacial score (nSPS) is 19.0. The zero-order chi connectivity index (χ0) is 67.2. The number of aryl methyl sites for hydroxylation is 3. The Balaban J connectivity index is 0.00000297. The van der Waals surface area contributed by atoms with E-state index in [1.165, 1.54) is 21.8 Å². The lowest BCUT2D eigenvalue weighted by Gasteiger charge is -2.35. The first-order valence-electron chi connectivity index (χ1n) is 32.1. The number of amides is 5. The molecule has 1 aliphatic carbocycles. The fourth-order valence-electron chi connectivity index (χ4n) is 11.4. The lowest BCUT2D eigenvalue weighted by atomic mass is 9.85. The number of nitrogens with zero attached hydrogens (tertiary/aromatic N) is 3. The van der Waals surface area contributed by atoms with Crippen LogP contribution in [0.1, 0.15) is 119 Å². The number of β-amino-alcohol motifs (C(OH)–C–C–N with tert-alkyl or cyclic N) is 1. The number of ketones is 1. The number of hydrogen-bond acceptors (Lipinski definition) is 18. The number of thiazole rings is 1. The number of nitrogens with one attached hydrogen (secondary N) is 2. The number of aromatic nitrogens is 1. The molecule has 23 nitrogen and oxygen atoms in total. The number of rotatable bonds is 37. The van der Waals surface area contributed by atoms with Crippen LogP contribution in [0.5, 0.6) is 5.75 Å². The summed E-state index contributed by atoms with van der Waals surface area (Å²) >= 11 is 1.50. The van der Waals surface area contributed by atoms with E-state index in [4.69, 9.17) is 54.5 Å². The number of benzene rings is 3. The SMILES string of the molecule is CC(=O)O.Cc1ncsc1-c1ccc(CNC(=O)[C@@H]2C[C@@H](O)CN2C(=O)[C@@H](NC(=O)C2(F)CC2)C(C)(C)C)c(OCCOCCOCCOCCOCCOCCCc2ccc(CO[C@H](C)[C@H](CCC(N)=O)CC(=O)[C@@H]3Cc4cccc5c4N3C(=O)[C@@H](N)CC5)cc2)c1. The van der Waals surface area contributed by atoms with Gasteiger partial charge in [0.25, 0.3) is 11.9 Å². The number of alkyl halides is 1. The second-order valence-electron chi connectivity index (χ2n) is 25.2. The molecule has 1 saturated carbocycles. The predicted octanol–water partition coefficient (Wildman–Crippen LogP) is 5.89. The van der Waals surface area contributed by atoms with Gasteiger partial charge in [0.2, 0.25) is 23.6 Å². The van der Waals surface area contributed by atoms with E-state index in [1.54, 1.807) is 31.2 Å². The van der Waals surface area contributed by atoms with Crippen LogP contribution in [0.3, 0.4) is 0 Å². The summed E-state index contributed by atoms with van der Waals surface area (Å²) < 4.78 is 55.7. The molecule has 0 spiro atoms. The van der Waals surface area contributed by atoms with Gasteiger partial charge in [0.1, 0.15) is 24.4 Å². The third-order valence-corrected chi connectivity index (χ3v) is 17.8. The van der Waals surface area contributed by atoms with Crippen LogP contribution in [0, 0.1) is 18.3 Å². The minimum atomic E-state index is -1.98. The van der Waals surface area contributed by atoms with Gasteiger partial charge in [0, 0.05) is 57.9 Å². The van der Waals surface area contributed by atoms with Gasteiger partial charge < -0.3 is 70.4 Å². The number of carboxylic acid groups (broad SMARTS) is 1. The summed E-state index contributed by atoms with van der Waals surface area (Å²) in [6, 6.07) is 16.4. The molecule has 4 aromatic rings. The minimum Gasteiger partial charge on any atom is -0.491 e. The molecule has 5 amide bonds. The number of ether oxygens (including phenoxy) is 7. The maximum Gasteiger partial charge on any atom is 0.300 e. The summed E-state index contributed by atoms with van der Waals surface area (Å²) in [5.41, 5.74) is 18.3. The molecule has 2 fully saturated rings. The zero-order valence-electron chi connectivity index (χ0n) is 54.5. The van der Waals surface area contributed by atoms with Crippen molar-refractivity contribution in [3.63, 3.8) is 0 Å². The maximum absolute atomic E-state index is 14.7. The van der Waals surface area contributed by atoms with Gasteiger partial charge in [-0.25, -0.2) is 9.37 Å². The molecule has 4 heterocycles. The van der Waals surface area contributed by atoms with Gasteiger partial charge in [0.05, 0.1) is 112 Å². The number of hydrogen-bond donors (Lipinski definition) is 6. The Morgan fingerprint density at radius 1 is 0.860 bits per heavy atom. The number of carboxylic acids is 1. The van der Waals surface area contributed by atoms with Crippen LogP contribution >= 0.6 is 11.3 Å². The van der Waals surface area contributed by atoms with Crippen LogP contribution in [-0.4, -0.2) is 183 Å². The molecule has 510 valence electrons. The van der Waals surface area contributed by atoms with E-state index in [9.17, 15) is 38.3 Å². The van der Waals surface area contributed by atoms with E-state index >= 15 is 0 Å². The molecule has 0 bridgehead atoms. The Hall–Kier alpha value is -6.81. The Morgan fingerprint density at radius 2 is 1.47 bits per heavy atom. The molecule has 0 unspecified atom stereocenters. The average molecular weight is 1320 g/mol. The summed E-state index contributed by atoms with van der Waals surface area (Å²) in [5.74, 6) is -3.19. The number of aliphatic carboxylic acids is 1. The molecule has 7 atom stereocenters. The first-order chi connectivity index (χ1) is 44.4. The number of Topliss-reactive ketones (excluding diaryl/α,β-unsaturated/α-hetero) is 1. The first-order valence-corrected chi connectivity index (χ1v) is 33.0. The highest BCUT2D eigenvalue weighted by atomic mass is 32.1. The number of anilines is 1. The third kappa shape index (κ3) is 22.1. The lowest BCUT2D eigenvalue weighted by Crippen LogP contribution is -2.59. The van der Waals surface area contributed by atoms with E-state index in [-0.39, 0.29) is 82.1 Å². The molecular weight excluding hydrogens is 1220 g/mol. The van der Waals surface area contributed by atoms with E-state index in [1.807, 2.05) is 62.4 Å². The van der Waals surface area contributed by atoms with E-state index < -0.39 is 71.0 Å². The molecule has 3 aliphatic heterocycles. The average Bonchev–Trinajstić information content (AvgIpc) is 1.62. The smallest absolute Gasteiger partial charge is 0.300 e. The van der Waals surface area contributed by atoms with Crippen LogP contribution < -0.4 is 31.7 Å². The Kier molecular flexibility index (Phi) is 28.2. The van der Waals surface area contributed by atoms with Crippen molar-refractivity contribution in [1.29, 1.82) is 0 Å². The Labute approximate surface area is 548 Å². The highest BCUT2D eigenvalue weighted by molar-refractivity contribution is 7.13. The number of carbonyl (C=O) groups is 7. The van der Waals surface area contributed by atoms with Crippen LogP contribution in [-0.2, 0) is 94.4 Å². The summed E-state index contributed by atoms with van der Waals surface area (Å²) in [6.07, 6.45) is 2.91. The third-order valence-electron chi connectivity index (χ3n) is 16.8. The van der Waals surface area contributed by atoms with Gasteiger partial charge in [-0.05, 0) is 104 Å². The number of halogens is 1. The van der Waals surface area contributed by atoms with Gasteiger partial charge in [-0.1, -0.05) is 75.4 Å². The number of carbonyl (C=O) groups excluding carboxylic acids is 6. The first kappa shape index (κ1) is 73.6. The van der Waals surface area contributed by atoms with Crippen molar-refractivity contribution in [3.8, 4) is 16.2 Å². The number of likely N-dealkylation sites (tertiary alicyclic amines) is 1. The number of aliphatic hydroxyl groups excluding tert-OH is 1. The zero-order valence-corrected chi connectivity index (χ0v) is 55.3. The summed E-state index contributed by atoms with van der Waals surface area (Å²) in [6.45, 7) is 14.8. The number of aliphatic hydroxyl groups is 1. The predicted molar refractivity (Wildman–Crippen MR) is 346 cm³/mol. The molecule has 25 heteroatoms. The molecule has 8 N–H and O–H groups in total. The van der Waals surface area contributed by atoms with E-state index in [0.29, 0.717) is 103 Å². The van der Waals surface area contributed by atoms with Crippen molar-refractivity contribution in [2.75, 3.05) is 84.1 Å². The van der Waals surface area contributed by atoms with Crippen LogP contribution in [0.25, 0.3) is 10.4 Å². The van der Waals surface area contributed by atoms with Crippen molar-refractivity contribution in [2.45, 2.75) is 167 Å². The van der Waals surface area contributed by atoms with Crippen molar-refractivity contribution >= 4 is 58.3 Å². The molecule has 4 aliphatic rings. The van der Waals surface area contributed by atoms with Crippen LogP contribution in [0.15, 0.2) is 66.2 Å². The van der Waals surface area contributed by atoms with Gasteiger partial charge in [-0.2, -0.15) is 0 Å². The summed E-state index contributed by atoms with van der Waals surface area (Å²) in [4.78, 5) is 97.0. The minimum absolute atomic E-state index is 0.00821. The van der Waals surface area contributed by atoms with Crippen molar-refractivity contribution in [2.24, 2.45) is 22.8 Å². The highest BCUT2D eigenvalue weighted by Gasteiger charge is 2.53. The molecular formula is C68H94FN7O16S. The van der Waals surface area contributed by atoms with E-state index in [0.717, 1.165) is 58.3 Å². The number of primary amides is 1. The van der Waals surface area contributed by atoms with Crippen molar-refractivity contribution in [3.05, 3.63) is 99.7 Å². The number of nitrogens with two attached hydrogens (primary N) is 2. The standard InChI is InChI=1S/C66H90FN7O14S.C2H4O2/c1-42-59(89-41-71-42)49-15-16-50(38-70-61(78)54-37-51(75)39-73(54)63(80)60(65(3,4)5)72-64(81)66(67)21-22-66)56(36-49)87-33-32-86-31-30-85-29-28-84-27-26-83-25-24-82-23-7-8-44-11-13-45(14-12-44)40-88-43(2)47(18-20-57(69)77)35-55(76)53-34-48-10-6-9-46-17-19-52(68)62(79)74(53)58(46)48;1-2(3)4/h6,9-16,36,41,43,47,51-54,60,75H,7-8,17-35,37-40,68H2,1-5H3,(H2,69,77)(H,70,78)(H,72,81);1H3,(H,3,4)/t43-,47-,51-,52+,53+,54+,60-;/m1./s1. The molecule has 93 heavy (non-hydrogen) atoms. The Morgan fingerprint density at radius 3 is 2.08 bits per heavy atom. The van der Waals surface area contributed by atoms with Crippen molar-refractivity contribution < 1.29 is 81.3 Å². The second-order valence-corrected chi connectivity index (χ2v) is 26.1. The Bertz CT molecular complexity index is 3140. The van der Waals surface area contributed by atoms with Gasteiger partial charge in [-0.3, -0.25) is 38.5 Å². The second kappa shape index (κ2) is 35.6. The maximum atomic E-state index is 14.7. The largest absolute Gasteiger partial charge is 0.491 e. The molecule has 0 radical (unpaired) electrons. The van der Waals surface area contributed by atoms with Gasteiger partial charge in [0.15, 0.2) is 11.5 Å². The van der Waals surface area contributed by atoms with Gasteiger partial charge in [-0.15, -0.1) is 11.3 Å². The molecule has 8 rings (SSSR count). The van der Waals surface area contributed by atoms with Gasteiger partial charge >= 0.3 is 0 Å². The fourth-order valence-corrected chi connectivity index (χ4v) is 12.2. The quantitative estimate of drug-likeness (QED) is 0.0287. The van der Waals surface area contributed by atoms with Crippen LogP contribution in [0.4, 0.5) is 10.1 Å². The summed E-state index contributed by atoms with van der Waals surface area (Å²) in [7, 11) is 0. The molecule has 1 aromatic heterocycles. The van der Waals surface area contributed by atoms with Crippen LogP contribution in [0.2, 0.25) is 0 Å².